The summed E-state index contributed by atoms with van der Waals surface area (Å²) < 4.78 is 74.4. The summed E-state index contributed by atoms with van der Waals surface area (Å²) in [6.45, 7) is 1.54. The minimum Gasteiger partial charge on any atom is -0.441 e. The van der Waals surface area contributed by atoms with Gasteiger partial charge >= 0.3 is 6.18 Å². The minimum atomic E-state index is -4.69. The second-order valence-electron chi connectivity index (χ2n) is 6.42. The van der Waals surface area contributed by atoms with Gasteiger partial charge in [-0.1, -0.05) is 23.4 Å². The van der Waals surface area contributed by atoms with Gasteiger partial charge in [-0.15, -0.1) is 0 Å². The van der Waals surface area contributed by atoms with E-state index in [2.05, 4.69) is 14.6 Å². The second-order valence-corrected chi connectivity index (χ2v) is 8.29. The topological polar surface area (TPSA) is 79.8 Å². The monoisotopic (exact) mass is 427 g/mol. The van der Waals surface area contributed by atoms with E-state index in [0.29, 0.717) is 19.2 Å². The van der Waals surface area contributed by atoms with Crippen molar-refractivity contribution in [2.75, 3.05) is 31.1 Å². The van der Waals surface area contributed by atoms with Crippen molar-refractivity contribution in [2.24, 2.45) is 0 Å². The highest BCUT2D eigenvalue weighted by molar-refractivity contribution is 7.89. The SMILES string of the molecule is O=S(=O)(c1ccc(-c2cc(C(F)(F)F)on2)o1)N1CCN(c2ccccc2)CC1. The first-order chi connectivity index (χ1) is 13.7. The van der Waals surface area contributed by atoms with Crippen LogP contribution < -0.4 is 4.90 Å². The van der Waals surface area contributed by atoms with Crippen LogP contribution in [0.25, 0.3) is 11.5 Å². The molecule has 3 aromatic rings. The van der Waals surface area contributed by atoms with E-state index in [9.17, 15) is 21.6 Å². The number of sulfonamides is 1. The number of hydrogen-bond acceptors (Lipinski definition) is 6. The maximum Gasteiger partial charge on any atom is 0.452 e. The fraction of sp³-hybridized carbons (Fsp3) is 0.278. The molecule has 1 aliphatic rings. The number of furan rings is 1. The number of para-hydroxylation sites is 1. The van der Waals surface area contributed by atoms with Crippen LogP contribution in [0.15, 0.2) is 62.6 Å². The Morgan fingerprint density at radius 1 is 0.966 bits per heavy atom. The first kappa shape index (κ1) is 19.5. The minimum absolute atomic E-state index is 0.120. The molecule has 0 bridgehead atoms. The van der Waals surface area contributed by atoms with E-state index < -0.39 is 22.0 Å². The smallest absolute Gasteiger partial charge is 0.441 e. The molecule has 7 nitrogen and oxygen atoms in total. The summed E-state index contributed by atoms with van der Waals surface area (Å²) in [6, 6.07) is 12.8. The molecule has 0 radical (unpaired) electrons. The predicted molar refractivity (Wildman–Crippen MR) is 96.6 cm³/mol. The summed E-state index contributed by atoms with van der Waals surface area (Å²) in [5, 5.41) is 2.95. The Labute approximate surface area is 164 Å². The number of rotatable bonds is 4. The van der Waals surface area contributed by atoms with Crippen molar-refractivity contribution < 1.29 is 30.5 Å². The van der Waals surface area contributed by atoms with Crippen LogP contribution in [0.2, 0.25) is 0 Å². The van der Waals surface area contributed by atoms with E-state index in [1.54, 1.807) is 0 Å². The lowest BCUT2D eigenvalue weighted by atomic mass is 10.2. The Morgan fingerprint density at radius 3 is 2.28 bits per heavy atom. The van der Waals surface area contributed by atoms with Crippen molar-refractivity contribution in [3.05, 3.63) is 54.3 Å². The van der Waals surface area contributed by atoms with E-state index in [1.165, 1.54) is 16.4 Å². The zero-order valence-electron chi connectivity index (χ0n) is 15.0. The van der Waals surface area contributed by atoms with Crippen LogP contribution in [0.4, 0.5) is 18.9 Å². The molecule has 154 valence electrons. The number of piperazine rings is 1. The molecule has 4 rings (SSSR count). The molecule has 0 aliphatic carbocycles. The highest BCUT2D eigenvalue weighted by Gasteiger charge is 2.37. The second kappa shape index (κ2) is 7.23. The number of anilines is 1. The zero-order valence-corrected chi connectivity index (χ0v) is 15.8. The summed E-state index contributed by atoms with van der Waals surface area (Å²) in [6.07, 6.45) is -4.69. The molecule has 0 saturated carbocycles. The summed E-state index contributed by atoms with van der Waals surface area (Å²) in [7, 11) is -3.92. The van der Waals surface area contributed by atoms with Crippen LogP contribution in [-0.4, -0.2) is 44.1 Å². The van der Waals surface area contributed by atoms with E-state index in [0.717, 1.165) is 5.69 Å². The number of nitrogens with zero attached hydrogens (tertiary/aromatic N) is 3. The van der Waals surface area contributed by atoms with Gasteiger partial charge in [-0.3, -0.25) is 0 Å². The number of hydrogen-bond donors (Lipinski definition) is 0. The normalized spacial score (nSPS) is 16.3. The van der Waals surface area contributed by atoms with E-state index in [4.69, 9.17) is 4.42 Å². The average molecular weight is 427 g/mol. The van der Waals surface area contributed by atoms with Gasteiger partial charge in [0.25, 0.3) is 10.0 Å². The summed E-state index contributed by atoms with van der Waals surface area (Å²) in [5.74, 6) is -1.41. The molecule has 11 heteroatoms. The summed E-state index contributed by atoms with van der Waals surface area (Å²) in [5.41, 5.74) is 0.781. The van der Waals surface area contributed by atoms with Gasteiger partial charge in [-0.05, 0) is 24.3 Å². The Kier molecular flexibility index (Phi) is 4.87. The molecule has 2 aromatic heterocycles. The third kappa shape index (κ3) is 3.87. The summed E-state index contributed by atoms with van der Waals surface area (Å²) >= 11 is 0. The zero-order chi connectivity index (χ0) is 20.6. The standard InChI is InChI=1S/C18H16F3N3O4S/c19-18(20,21)16-12-14(22-28-16)15-6-7-17(27-15)29(25,26)24-10-8-23(9-11-24)13-4-2-1-3-5-13/h1-7,12H,8-11H2. The Morgan fingerprint density at radius 2 is 1.66 bits per heavy atom. The Balaban J connectivity index is 1.48. The number of halogens is 3. The Bertz CT molecular complexity index is 1090. The van der Waals surface area contributed by atoms with Crippen molar-refractivity contribution in [3.8, 4) is 11.5 Å². The molecule has 3 heterocycles. The molecule has 0 atom stereocenters. The lowest BCUT2D eigenvalue weighted by molar-refractivity contribution is -0.155. The number of benzene rings is 1. The van der Waals surface area contributed by atoms with Crippen molar-refractivity contribution in [1.29, 1.82) is 0 Å². The maximum atomic E-state index is 12.8. The highest BCUT2D eigenvalue weighted by Crippen LogP contribution is 2.33. The molecule has 29 heavy (non-hydrogen) atoms. The van der Waals surface area contributed by atoms with Crippen LogP contribution in [0, 0.1) is 0 Å². The van der Waals surface area contributed by atoms with Gasteiger partial charge in [0, 0.05) is 37.9 Å². The lowest BCUT2D eigenvalue weighted by Gasteiger charge is -2.34. The van der Waals surface area contributed by atoms with Crippen LogP contribution >= 0.6 is 0 Å². The van der Waals surface area contributed by atoms with Gasteiger partial charge < -0.3 is 13.8 Å². The molecule has 1 aliphatic heterocycles. The molecule has 1 fully saturated rings. The highest BCUT2D eigenvalue weighted by atomic mass is 32.2. The molecular weight excluding hydrogens is 411 g/mol. The molecule has 0 N–H and O–H groups in total. The van der Waals surface area contributed by atoms with Gasteiger partial charge in [0.1, 0.15) is 5.69 Å². The molecule has 1 saturated heterocycles. The molecule has 1 aromatic carbocycles. The van der Waals surface area contributed by atoms with Crippen molar-refractivity contribution in [2.45, 2.75) is 11.3 Å². The molecular formula is C18H16F3N3O4S. The predicted octanol–water partition coefficient (Wildman–Crippen LogP) is 3.46. The summed E-state index contributed by atoms with van der Waals surface area (Å²) in [4.78, 5) is 2.08. The first-order valence-electron chi connectivity index (χ1n) is 8.69. The molecule has 0 amide bonds. The van der Waals surface area contributed by atoms with Crippen LogP contribution in [0.5, 0.6) is 0 Å². The van der Waals surface area contributed by atoms with Crippen LogP contribution in [-0.2, 0) is 16.2 Å². The van der Waals surface area contributed by atoms with Gasteiger partial charge in [-0.2, -0.15) is 17.5 Å². The Hall–Kier alpha value is -2.79. The van der Waals surface area contributed by atoms with E-state index in [1.807, 2.05) is 30.3 Å². The van der Waals surface area contributed by atoms with Crippen LogP contribution in [0.3, 0.4) is 0 Å². The van der Waals surface area contributed by atoms with Gasteiger partial charge in [0.15, 0.2) is 5.76 Å². The van der Waals surface area contributed by atoms with Gasteiger partial charge in [0.2, 0.25) is 10.9 Å². The van der Waals surface area contributed by atoms with Crippen molar-refractivity contribution >= 4 is 15.7 Å². The molecule has 0 spiro atoms. The fourth-order valence-electron chi connectivity index (χ4n) is 3.07. The van der Waals surface area contributed by atoms with E-state index >= 15 is 0 Å². The van der Waals surface area contributed by atoms with Gasteiger partial charge in [-0.25, -0.2) is 8.42 Å². The maximum absolute atomic E-state index is 12.8. The quantitative estimate of drug-likeness (QED) is 0.635. The van der Waals surface area contributed by atoms with Crippen molar-refractivity contribution in [1.82, 2.24) is 9.46 Å². The van der Waals surface area contributed by atoms with Crippen molar-refractivity contribution in [3.63, 3.8) is 0 Å². The average Bonchev–Trinajstić information content (AvgIpc) is 3.38. The number of aromatic nitrogens is 1. The third-order valence-corrected chi connectivity index (χ3v) is 6.35. The van der Waals surface area contributed by atoms with E-state index in [-0.39, 0.29) is 29.6 Å². The fourth-order valence-corrected chi connectivity index (χ4v) is 4.41. The molecule has 0 unspecified atom stereocenters. The largest absolute Gasteiger partial charge is 0.452 e. The number of alkyl halides is 3. The third-order valence-electron chi connectivity index (χ3n) is 4.58. The first-order valence-corrected chi connectivity index (χ1v) is 10.1. The lowest BCUT2D eigenvalue weighted by Crippen LogP contribution is -2.48. The van der Waals surface area contributed by atoms with Gasteiger partial charge in [0.05, 0.1) is 0 Å². The van der Waals surface area contributed by atoms with Crippen LogP contribution in [0.1, 0.15) is 5.76 Å².